The molecule has 2 atom stereocenters. The normalized spacial score (nSPS) is 26.0. The third kappa shape index (κ3) is 1.68. The van der Waals surface area contributed by atoms with Gasteiger partial charge in [0, 0.05) is 0 Å². The molecule has 2 unspecified atom stereocenters. The smallest absolute Gasteiger partial charge is 0.166 e. The van der Waals surface area contributed by atoms with E-state index in [2.05, 4.69) is 6.92 Å². The Morgan fingerprint density at radius 2 is 2.00 bits per heavy atom. The van der Waals surface area contributed by atoms with E-state index in [0.717, 1.165) is 24.0 Å². The molecule has 0 amide bonds. The van der Waals surface area contributed by atoms with Crippen LogP contribution in [0.5, 0.6) is 0 Å². The summed E-state index contributed by atoms with van der Waals surface area (Å²) in [5, 5.41) is 0. The molecule has 0 radical (unpaired) electrons. The van der Waals surface area contributed by atoms with Crippen molar-refractivity contribution in [3.63, 3.8) is 0 Å². The number of alkyl halides is 3. The molecule has 1 fully saturated rings. The van der Waals surface area contributed by atoms with Crippen LogP contribution in [0.4, 0.5) is 13.2 Å². The molecule has 0 nitrogen and oxygen atoms in total. The Labute approximate surface area is 98.1 Å². The van der Waals surface area contributed by atoms with E-state index in [0.29, 0.717) is 11.8 Å². The molecule has 2 aliphatic rings. The predicted octanol–water partition coefficient (Wildman–Crippen LogP) is 4.62. The van der Waals surface area contributed by atoms with Gasteiger partial charge in [0.1, 0.15) is 0 Å². The average Bonchev–Trinajstić information content (AvgIpc) is 3.05. The fourth-order valence-electron chi connectivity index (χ4n) is 2.83. The number of hydrogen-bond acceptors (Lipinski definition) is 0. The SMILES string of the molecule is CCC1=Cc2cc(C(F)(F)F)ccc2C2CC12. The van der Waals surface area contributed by atoms with Gasteiger partial charge in [-0.2, -0.15) is 13.2 Å². The molecular weight excluding hydrogens is 225 g/mol. The molecule has 0 saturated heterocycles. The average molecular weight is 238 g/mol. The van der Waals surface area contributed by atoms with Crippen molar-refractivity contribution in [3.05, 3.63) is 40.5 Å². The minimum absolute atomic E-state index is 0.479. The van der Waals surface area contributed by atoms with Crippen LogP contribution in [0.3, 0.4) is 0 Å². The number of halogens is 3. The lowest BCUT2D eigenvalue weighted by Crippen LogP contribution is -2.07. The van der Waals surface area contributed by atoms with Gasteiger partial charge in [-0.1, -0.05) is 24.6 Å². The maximum Gasteiger partial charge on any atom is 0.416 e. The van der Waals surface area contributed by atoms with Crippen LogP contribution in [0.1, 0.15) is 42.4 Å². The van der Waals surface area contributed by atoms with Gasteiger partial charge >= 0.3 is 6.18 Å². The first-order valence-corrected chi connectivity index (χ1v) is 5.92. The molecule has 2 aliphatic carbocycles. The number of allylic oxidation sites excluding steroid dienone is 1. The minimum atomic E-state index is -4.24. The van der Waals surface area contributed by atoms with Crippen LogP contribution >= 0.6 is 0 Å². The van der Waals surface area contributed by atoms with E-state index in [4.69, 9.17) is 0 Å². The van der Waals surface area contributed by atoms with Gasteiger partial charge in [0.05, 0.1) is 5.56 Å². The molecule has 1 aromatic carbocycles. The lowest BCUT2D eigenvalue weighted by Gasteiger charge is -2.17. The summed E-state index contributed by atoms with van der Waals surface area (Å²) >= 11 is 0. The van der Waals surface area contributed by atoms with Crippen molar-refractivity contribution in [2.24, 2.45) is 5.92 Å². The van der Waals surface area contributed by atoms with Crippen LogP contribution in [-0.2, 0) is 6.18 Å². The highest BCUT2D eigenvalue weighted by Crippen LogP contribution is 2.57. The van der Waals surface area contributed by atoms with Gasteiger partial charge in [0.25, 0.3) is 0 Å². The Kier molecular flexibility index (Phi) is 2.16. The molecule has 0 N–H and O–H groups in total. The van der Waals surface area contributed by atoms with E-state index in [9.17, 15) is 13.2 Å². The van der Waals surface area contributed by atoms with E-state index in [1.165, 1.54) is 17.7 Å². The van der Waals surface area contributed by atoms with Gasteiger partial charge in [-0.25, -0.2) is 0 Å². The zero-order valence-electron chi connectivity index (χ0n) is 9.51. The Bertz CT molecular complexity index is 497. The second-order valence-corrected chi connectivity index (χ2v) is 4.86. The van der Waals surface area contributed by atoms with Crippen LogP contribution in [0, 0.1) is 5.92 Å². The number of benzene rings is 1. The van der Waals surface area contributed by atoms with Crippen molar-refractivity contribution in [2.45, 2.75) is 31.9 Å². The van der Waals surface area contributed by atoms with E-state index in [1.54, 1.807) is 6.07 Å². The van der Waals surface area contributed by atoms with E-state index >= 15 is 0 Å². The van der Waals surface area contributed by atoms with Crippen molar-refractivity contribution in [1.82, 2.24) is 0 Å². The van der Waals surface area contributed by atoms with Gasteiger partial charge in [-0.3, -0.25) is 0 Å². The highest BCUT2D eigenvalue weighted by molar-refractivity contribution is 5.65. The maximum absolute atomic E-state index is 12.6. The topological polar surface area (TPSA) is 0 Å². The quantitative estimate of drug-likeness (QED) is 0.669. The van der Waals surface area contributed by atoms with Gasteiger partial charge in [0.2, 0.25) is 0 Å². The highest BCUT2D eigenvalue weighted by atomic mass is 19.4. The largest absolute Gasteiger partial charge is 0.416 e. The summed E-state index contributed by atoms with van der Waals surface area (Å²) in [7, 11) is 0. The third-order valence-electron chi connectivity index (χ3n) is 3.83. The molecular formula is C14H13F3. The fourth-order valence-corrected chi connectivity index (χ4v) is 2.83. The number of fused-ring (bicyclic) bond motifs is 3. The molecule has 0 aromatic heterocycles. The van der Waals surface area contributed by atoms with Gasteiger partial charge in [0.15, 0.2) is 0 Å². The van der Waals surface area contributed by atoms with E-state index in [1.807, 2.05) is 6.08 Å². The van der Waals surface area contributed by atoms with Gasteiger partial charge in [-0.05, 0) is 47.9 Å². The lowest BCUT2D eigenvalue weighted by molar-refractivity contribution is -0.137. The second-order valence-electron chi connectivity index (χ2n) is 4.86. The monoisotopic (exact) mass is 238 g/mol. The molecule has 0 aliphatic heterocycles. The fraction of sp³-hybridized carbons (Fsp3) is 0.429. The van der Waals surface area contributed by atoms with Gasteiger partial charge in [-0.15, -0.1) is 0 Å². The second kappa shape index (κ2) is 3.37. The molecule has 17 heavy (non-hydrogen) atoms. The number of rotatable bonds is 1. The zero-order chi connectivity index (χ0) is 12.2. The van der Waals surface area contributed by atoms with Crippen LogP contribution in [-0.4, -0.2) is 0 Å². The molecule has 90 valence electrons. The Hall–Kier alpha value is -1.25. The van der Waals surface area contributed by atoms with Crippen molar-refractivity contribution in [2.75, 3.05) is 0 Å². The van der Waals surface area contributed by atoms with E-state index < -0.39 is 11.7 Å². The minimum Gasteiger partial charge on any atom is -0.166 e. The summed E-state index contributed by atoms with van der Waals surface area (Å²) < 4.78 is 37.9. The molecule has 0 bridgehead atoms. The molecule has 1 saturated carbocycles. The van der Waals surface area contributed by atoms with Crippen LogP contribution in [0.15, 0.2) is 23.8 Å². The summed E-state index contributed by atoms with van der Waals surface area (Å²) in [6.45, 7) is 2.07. The highest BCUT2D eigenvalue weighted by Gasteiger charge is 2.44. The Balaban J connectivity index is 2.08. The van der Waals surface area contributed by atoms with Crippen LogP contribution in [0.2, 0.25) is 0 Å². The van der Waals surface area contributed by atoms with Gasteiger partial charge < -0.3 is 0 Å². The molecule has 0 heterocycles. The first kappa shape index (κ1) is 10.9. The Morgan fingerprint density at radius 3 is 2.65 bits per heavy atom. The van der Waals surface area contributed by atoms with Crippen molar-refractivity contribution in [1.29, 1.82) is 0 Å². The lowest BCUT2D eigenvalue weighted by atomic mass is 9.90. The summed E-state index contributed by atoms with van der Waals surface area (Å²) in [4.78, 5) is 0. The van der Waals surface area contributed by atoms with Crippen molar-refractivity contribution < 1.29 is 13.2 Å². The van der Waals surface area contributed by atoms with E-state index in [-0.39, 0.29) is 0 Å². The summed E-state index contributed by atoms with van der Waals surface area (Å²) in [6.07, 6.45) is -0.233. The maximum atomic E-state index is 12.6. The Morgan fingerprint density at radius 1 is 1.24 bits per heavy atom. The van der Waals surface area contributed by atoms with Crippen LogP contribution in [0.25, 0.3) is 6.08 Å². The third-order valence-corrected chi connectivity index (χ3v) is 3.83. The zero-order valence-corrected chi connectivity index (χ0v) is 9.51. The predicted molar refractivity (Wildman–Crippen MR) is 60.6 cm³/mol. The summed E-state index contributed by atoms with van der Waals surface area (Å²) in [5.74, 6) is 1.08. The summed E-state index contributed by atoms with van der Waals surface area (Å²) in [5.41, 5.74) is 2.64. The first-order chi connectivity index (χ1) is 8.00. The summed E-state index contributed by atoms with van der Waals surface area (Å²) in [6, 6.07) is 4.16. The molecule has 3 heteroatoms. The molecule has 1 aromatic rings. The van der Waals surface area contributed by atoms with Crippen LogP contribution < -0.4 is 0 Å². The molecule has 0 spiro atoms. The van der Waals surface area contributed by atoms with Crippen molar-refractivity contribution in [3.8, 4) is 0 Å². The van der Waals surface area contributed by atoms with Crippen molar-refractivity contribution >= 4 is 6.08 Å². The molecule has 3 rings (SSSR count). The first-order valence-electron chi connectivity index (χ1n) is 5.92. The standard InChI is InChI=1S/C14H13F3/c1-2-8-5-9-6-10(14(15,16)17)3-4-11(9)13-7-12(8)13/h3-6,12-13H,2,7H2,1H3. The number of hydrogen-bond donors (Lipinski definition) is 0.